The topological polar surface area (TPSA) is 26.3 Å². The van der Waals surface area contributed by atoms with Gasteiger partial charge in [-0.25, -0.2) is 4.39 Å². The number of rotatable bonds is 3. The number of benzene rings is 1. The maximum absolute atomic E-state index is 13.0. The van der Waals surface area contributed by atoms with Crippen LogP contribution in [0.3, 0.4) is 0 Å². The number of halogens is 2. The summed E-state index contributed by atoms with van der Waals surface area (Å²) in [7, 11) is 0. The van der Waals surface area contributed by atoms with Crippen LogP contribution in [0.25, 0.3) is 0 Å². The van der Waals surface area contributed by atoms with Gasteiger partial charge < -0.3 is 4.74 Å². The molecule has 16 heavy (non-hydrogen) atoms. The molecule has 1 atom stereocenters. The van der Waals surface area contributed by atoms with Gasteiger partial charge in [0.1, 0.15) is 11.9 Å². The smallest absolute Gasteiger partial charge is 0.165 e. The minimum atomic E-state index is -0.375. The Bertz CT molecular complexity index is 400. The molecular weight excluding hydrogens is 231 g/mol. The zero-order valence-electron chi connectivity index (χ0n) is 8.71. The molecule has 1 saturated heterocycles. The first-order valence-corrected chi connectivity index (χ1v) is 5.63. The van der Waals surface area contributed by atoms with Crippen molar-refractivity contribution < 1.29 is 13.9 Å². The van der Waals surface area contributed by atoms with Crippen LogP contribution in [0.2, 0.25) is 5.02 Å². The molecule has 0 radical (unpaired) electrons. The quantitative estimate of drug-likeness (QED) is 0.815. The summed E-state index contributed by atoms with van der Waals surface area (Å²) in [5.74, 6) is -0.399. The minimum Gasteiger partial charge on any atom is -0.370 e. The SMILES string of the molecule is O=C(Cc1cc(F)ccc1Cl)C1CCCO1. The first-order chi connectivity index (χ1) is 7.66. The van der Waals surface area contributed by atoms with Gasteiger partial charge in [-0.05, 0) is 36.6 Å². The molecule has 0 N–H and O–H groups in total. The molecule has 1 heterocycles. The number of hydrogen-bond acceptors (Lipinski definition) is 2. The molecule has 0 spiro atoms. The summed E-state index contributed by atoms with van der Waals surface area (Å²) in [5.41, 5.74) is 0.530. The fourth-order valence-electron chi connectivity index (χ4n) is 1.81. The summed E-state index contributed by atoms with van der Waals surface area (Å²) < 4.78 is 18.2. The van der Waals surface area contributed by atoms with Crippen LogP contribution in [0.15, 0.2) is 18.2 Å². The summed E-state index contributed by atoms with van der Waals surface area (Å²) in [4.78, 5) is 11.8. The molecule has 4 heteroatoms. The van der Waals surface area contributed by atoms with Crippen LogP contribution < -0.4 is 0 Å². The van der Waals surface area contributed by atoms with Gasteiger partial charge in [0.2, 0.25) is 0 Å². The van der Waals surface area contributed by atoms with Gasteiger partial charge in [0.05, 0.1) is 0 Å². The van der Waals surface area contributed by atoms with Crippen LogP contribution in [0.1, 0.15) is 18.4 Å². The summed E-state index contributed by atoms with van der Waals surface area (Å²) in [6, 6.07) is 4.05. The molecule has 0 saturated carbocycles. The number of ketones is 1. The largest absolute Gasteiger partial charge is 0.370 e. The maximum Gasteiger partial charge on any atom is 0.165 e. The Labute approximate surface area is 98.4 Å². The van der Waals surface area contributed by atoms with E-state index >= 15 is 0 Å². The van der Waals surface area contributed by atoms with Gasteiger partial charge in [-0.2, -0.15) is 0 Å². The van der Waals surface area contributed by atoms with Crippen LogP contribution in [0.4, 0.5) is 4.39 Å². The Morgan fingerprint density at radius 3 is 3.06 bits per heavy atom. The number of Topliss-reactive ketones (excluding diaryl/α,β-unsaturated/α-hetero) is 1. The molecule has 2 nitrogen and oxygen atoms in total. The van der Waals surface area contributed by atoms with Crippen LogP contribution in [0, 0.1) is 5.82 Å². The molecular formula is C12H12ClFO2. The fourth-order valence-corrected chi connectivity index (χ4v) is 2.00. The first kappa shape index (κ1) is 11.6. The van der Waals surface area contributed by atoms with Gasteiger partial charge >= 0.3 is 0 Å². The molecule has 1 aromatic carbocycles. The molecule has 0 aromatic heterocycles. The van der Waals surface area contributed by atoms with E-state index in [2.05, 4.69) is 0 Å². The van der Waals surface area contributed by atoms with Gasteiger partial charge in [0.25, 0.3) is 0 Å². The zero-order valence-corrected chi connectivity index (χ0v) is 9.47. The van der Waals surface area contributed by atoms with E-state index in [1.54, 1.807) is 0 Å². The van der Waals surface area contributed by atoms with Gasteiger partial charge in [-0.3, -0.25) is 4.79 Å². The van der Waals surface area contributed by atoms with Crippen molar-refractivity contribution >= 4 is 17.4 Å². The lowest BCUT2D eigenvalue weighted by Crippen LogP contribution is -2.21. The van der Waals surface area contributed by atoms with E-state index in [4.69, 9.17) is 16.3 Å². The summed E-state index contributed by atoms with van der Waals surface area (Å²) in [6.07, 6.45) is 1.47. The van der Waals surface area contributed by atoms with E-state index in [0.29, 0.717) is 17.2 Å². The maximum atomic E-state index is 13.0. The number of hydrogen-bond donors (Lipinski definition) is 0. The van der Waals surface area contributed by atoms with Gasteiger partial charge in [0.15, 0.2) is 5.78 Å². The van der Waals surface area contributed by atoms with Crippen molar-refractivity contribution in [2.75, 3.05) is 6.61 Å². The molecule has 1 unspecified atom stereocenters. The highest BCUT2D eigenvalue weighted by molar-refractivity contribution is 6.31. The highest BCUT2D eigenvalue weighted by Crippen LogP contribution is 2.21. The van der Waals surface area contributed by atoms with E-state index in [1.165, 1.54) is 18.2 Å². The fraction of sp³-hybridized carbons (Fsp3) is 0.417. The second-order valence-corrected chi connectivity index (χ2v) is 4.29. The highest BCUT2D eigenvalue weighted by atomic mass is 35.5. The average molecular weight is 243 g/mol. The van der Waals surface area contributed by atoms with Gasteiger partial charge in [-0.15, -0.1) is 0 Å². The standard InChI is InChI=1S/C12H12ClFO2/c13-10-4-3-9(14)6-8(10)7-11(15)12-2-1-5-16-12/h3-4,6,12H,1-2,5,7H2. The van der Waals surface area contributed by atoms with Crippen LogP contribution in [-0.2, 0) is 16.0 Å². The predicted octanol–water partition coefficient (Wildman–Crippen LogP) is 2.77. The number of carbonyl (C=O) groups is 1. The Kier molecular flexibility index (Phi) is 3.56. The van der Waals surface area contributed by atoms with E-state index in [0.717, 1.165) is 12.8 Å². The summed E-state index contributed by atoms with van der Waals surface area (Å²) in [6.45, 7) is 0.632. The zero-order chi connectivity index (χ0) is 11.5. The normalized spacial score (nSPS) is 20.0. The first-order valence-electron chi connectivity index (χ1n) is 5.25. The second-order valence-electron chi connectivity index (χ2n) is 3.88. The summed E-state index contributed by atoms with van der Waals surface area (Å²) in [5, 5.41) is 0.424. The monoisotopic (exact) mass is 242 g/mol. The molecule has 0 bridgehead atoms. The average Bonchev–Trinajstić information content (AvgIpc) is 2.76. The second kappa shape index (κ2) is 4.93. The predicted molar refractivity (Wildman–Crippen MR) is 59.1 cm³/mol. The van der Waals surface area contributed by atoms with Crippen molar-refractivity contribution in [1.82, 2.24) is 0 Å². The molecule has 0 amide bonds. The third-order valence-electron chi connectivity index (χ3n) is 2.66. The van der Waals surface area contributed by atoms with Crippen LogP contribution in [0.5, 0.6) is 0 Å². The van der Waals surface area contributed by atoms with E-state index in [9.17, 15) is 9.18 Å². The van der Waals surface area contributed by atoms with Crippen molar-refractivity contribution in [3.05, 3.63) is 34.6 Å². The highest BCUT2D eigenvalue weighted by Gasteiger charge is 2.24. The minimum absolute atomic E-state index is 0.0231. The van der Waals surface area contributed by atoms with Crippen molar-refractivity contribution in [3.8, 4) is 0 Å². The van der Waals surface area contributed by atoms with Gasteiger partial charge in [-0.1, -0.05) is 11.6 Å². The Morgan fingerprint density at radius 1 is 1.56 bits per heavy atom. The third-order valence-corrected chi connectivity index (χ3v) is 3.03. The molecule has 1 aromatic rings. The molecule has 1 aliphatic rings. The Morgan fingerprint density at radius 2 is 2.38 bits per heavy atom. The van der Waals surface area contributed by atoms with Crippen molar-refractivity contribution in [2.24, 2.45) is 0 Å². The Balaban J connectivity index is 2.07. The van der Waals surface area contributed by atoms with Gasteiger partial charge in [0, 0.05) is 18.1 Å². The molecule has 86 valence electrons. The lowest BCUT2D eigenvalue weighted by atomic mass is 10.0. The Hall–Kier alpha value is -0.930. The number of carbonyl (C=O) groups excluding carboxylic acids is 1. The van der Waals surface area contributed by atoms with Crippen LogP contribution in [-0.4, -0.2) is 18.5 Å². The summed E-state index contributed by atoms with van der Waals surface area (Å²) >= 11 is 5.89. The van der Waals surface area contributed by atoms with E-state index in [-0.39, 0.29) is 24.1 Å². The molecule has 0 aliphatic carbocycles. The lowest BCUT2D eigenvalue weighted by Gasteiger charge is -2.09. The van der Waals surface area contributed by atoms with Crippen molar-refractivity contribution in [1.29, 1.82) is 0 Å². The third kappa shape index (κ3) is 2.60. The van der Waals surface area contributed by atoms with E-state index < -0.39 is 0 Å². The van der Waals surface area contributed by atoms with E-state index in [1.807, 2.05) is 0 Å². The lowest BCUT2D eigenvalue weighted by molar-refractivity contribution is -0.127. The van der Waals surface area contributed by atoms with Crippen molar-refractivity contribution in [3.63, 3.8) is 0 Å². The molecule has 2 rings (SSSR count). The molecule has 1 fully saturated rings. The molecule has 1 aliphatic heterocycles. The number of ether oxygens (including phenoxy) is 1. The van der Waals surface area contributed by atoms with Crippen LogP contribution >= 0.6 is 11.6 Å². The van der Waals surface area contributed by atoms with Crippen molar-refractivity contribution in [2.45, 2.75) is 25.4 Å².